The Morgan fingerprint density at radius 1 is 1.17 bits per heavy atom. The molecule has 2 aromatic rings. The maximum Gasteiger partial charge on any atom is 0.227 e. The fraction of sp³-hybridized carbons (Fsp3) is 0.444. The Kier molecular flexibility index (Phi) is 4.74. The van der Waals surface area contributed by atoms with Crippen molar-refractivity contribution < 1.29 is 18.7 Å². The number of carbonyl (C=O) groups is 2. The third-order valence-corrected chi connectivity index (χ3v) is 4.50. The van der Waals surface area contributed by atoms with Crippen LogP contribution in [0.1, 0.15) is 18.9 Å². The Labute approximate surface area is 141 Å². The van der Waals surface area contributed by atoms with E-state index in [4.69, 9.17) is 9.15 Å². The van der Waals surface area contributed by atoms with Crippen LogP contribution in [0.4, 0.5) is 0 Å². The SMILES string of the molecule is COc1ccc2c(CC(=O)N3CCCN(C(C)=O)CC3)coc2c1. The zero-order chi connectivity index (χ0) is 17.1. The molecule has 1 aromatic carbocycles. The Morgan fingerprint density at radius 3 is 2.67 bits per heavy atom. The van der Waals surface area contributed by atoms with E-state index in [1.54, 1.807) is 25.2 Å². The number of benzene rings is 1. The van der Waals surface area contributed by atoms with Crippen molar-refractivity contribution in [2.45, 2.75) is 19.8 Å². The minimum atomic E-state index is 0.0684. The smallest absolute Gasteiger partial charge is 0.227 e. The van der Waals surface area contributed by atoms with Crippen LogP contribution < -0.4 is 4.74 Å². The standard InChI is InChI=1S/C18H22N2O4/c1-13(21)19-6-3-7-20(9-8-19)18(22)10-14-12-24-17-11-15(23-2)4-5-16(14)17/h4-5,11-12H,3,6-10H2,1-2H3. The van der Waals surface area contributed by atoms with Gasteiger partial charge in [0.2, 0.25) is 11.8 Å². The van der Waals surface area contributed by atoms with Crippen LogP contribution >= 0.6 is 0 Å². The number of hydrogen-bond acceptors (Lipinski definition) is 4. The van der Waals surface area contributed by atoms with Gasteiger partial charge in [0.05, 0.1) is 19.8 Å². The molecule has 0 radical (unpaired) electrons. The number of nitrogens with zero attached hydrogens (tertiary/aromatic N) is 2. The largest absolute Gasteiger partial charge is 0.497 e. The first-order valence-electron chi connectivity index (χ1n) is 8.16. The molecule has 0 saturated carbocycles. The lowest BCUT2D eigenvalue weighted by molar-refractivity contribution is -0.132. The summed E-state index contributed by atoms with van der Waals surface area (Å²) in [7, 11) is 1.61. The van der Waals surface area contributed by atoms with E-state index in [0.29, 0.717) is 32.6 Å². The van der Waals surface area contributed by atoms with Crippen molar-refractivity contribution in [1.82, 2.24) is 9.80 Å². The molecule has 1 aliphatic heterocycles. The number of rotatable bonds is 3. The van der Waals surface area contributed by atoms with Crippen LogP contribution in [0.2, 0.25) is 0 Å². The van der Waals surface area contributed by atoms with Gasteiger partial charge in [-0.2, -0.15) is 0 Å². The minimum absolute atomic E-state index is 0.0684. The molecule has 0 N–H and O–H groups in total. The Morgan fingerprint density at radius 2 is 1.92 bits per heavy atom. The third-order valence-electron chi connectivity index (χ3n) is 4.50. The molecular formula is C18H22N2O4. The molecule has 2 amide bonds. The second-order valence-electron chi connectivity index (χ2n) is 6.04. The molecule has 0 atom stereocenters. The lowest BCUT2D eigenvalue weighted by Gasteiger charge is -2.21. The van der Waals surface area contributed by atoms with Gasteiger partial charge in [-0.3, -0.25) is 9.59 Å². The van der Waals surface area contributed by atoms with Crippen molar-refractivity contribution in [2.75, 3.05) is 33.3 Å². The first-order chi connectivity index (χ1) is 11.6. The van der Waals surface area contributed by atoms with Gasteiger partial charge in [0, 0.05) is 50.1 Å². The molecule has 0 aliphatic carbocycles. The average molecular weight is 330 g/mol. The highest BCUT2D eigenvalue weighted by Gasteiger charge is 2.21. The van der Waals surface area contributed by atoms with Crippen molar-refractivity contribution in [3.05, 3.63) is 30.0 Å². The highest BCUT2D eigenvalue weighted by molar-refractivity contribution is 5.88. The Bertz CT molecular complexity index is 753. The van der Waals surface area contributed by atoms with Crippen LogP contribution in [0.25, 0.3) is 11.0 Å². The van der Waals surface area contributed by atoms with Gasteiger partial charge in [0.1, 0.15) is 11.3 Å². The van der Waals surface area contributed by atoms with Gasteiger partial charge in [-0.1, -0.05) is 0 Å². The summed E-state index contributed by atoms with van der Waals surface area (Å²) in [5, 5.41) is 0.935. The van der Waals surface area contributed by atoms with Gasteiger partial charge < -0.3 is 19.0 Å². The molecule has 1 aromatic heterocycles. The van der Waals surface area contributed by atoms with Gasteiger partial charge >= 0.3 is 0 Å². The topological polar surface area (TPSA) is 63.0 Å². The molecular weight excluding hydrogens is 308 g/mol. The Hall–Kier alpha value is -2.50. The molecule has 0 spiro atoms. The van der Waals surface area contributed by atoms with Crippen LogP contribution in [0.15, 0.2) is 28.9 Å². The molecule has 1 saturated heterocycles. The number of carbonyl (C=O) groups excluding carboxylic acids is 2. The van der Waals surface area contributed by atoms with E-state index in [2.05, 4.69) is 0 Å². The van der Waals surface area contributed by atoms with Gasteiger partial charge in [0.15, 0.2) is 0 Å². The highest BCUT2D eigenvalue weighted by Crippen LogP contribution is 2.26. The number of furan rings is 1. The second kappa shape index (κ2) is 6.95. The van der Waals surface area contributed by atoms with Crippen molar-refractivity contribution in [1.29, 1.82) is 0 Å². The summed E-state index contributed by atoms with van der Waals surface area (Å²) < 4.78 is 10.7. The second-order valence-corrected chi connectivity index (χ2v) is 6.04. The molecule has 6 heteroatoms. The van der Waals surface area contributed by atoms with Gasteiger partial charge in [0.25, 0.3) is 0 Å². The summed E-state index contributed by atoms with van der Waals surface area (Å²) in [6.45, 7) is 4.16. The molecule has 1 fully saturated rings. The van der Waals surface area contributed by atoms with Crippen LogP contribution in [0.5, 0.6) is 5.75 Å². The van der Waals surface area contributed by atoms with E-state index in [9.17, 15) is 9.59 Å². The van der Waals surface area contributed by atoms with Crippen molar-refractivity contribution in [2.24, 2.45) is 0 Å². The van der Waals surface area contributed by atoms with Crippen LogP contribution in [0, 0.1) is 0 Å². The van der Waals surface area contributed by atoms with Crippen LogP contribution in [-0.2, 0) is 16.0 Å². The van der Waals surface area contributed by atoms with Gasteiger partial charge in [-0.05, 0) is 18.6 Å². The monoisotopic (exact) mass is 330 g/mol. The summed E-state index contributed by atoms with van der Waals surface area (Å²) in [4.78, 5) is 27.7. The van der Waals surface area contributed by atoms with Gasteiger partial charge in [-0.25, -0.2) is 0 Å². The molecule has 0 unspecified atom stereocenters. The number of amides is 2. The van der Waals surface area contributed by atoms with Crippen LogP contribution in [0.3, 0.4) is 0 Å². The quantitative estimate of drug-likeness (QED) is 0.864. The minimum Gasteiger partial charge on any atom is -0.497 e. The Balaban J connectivity index is 1.69. The summed E-state index contributed by atoms with van der Waals surface area (Å²) >= 11 is 0. The summed E-state index contributed by atoms with van der Waals surface area (Å²) in [6.07, 6.45) is 2.76. The van der Waals surface area contributed by atoms with E-state index >= 15 is 0 Å². The predicted octanol–water partition coefficient (Wildman–Crippen LogP) is 2.06. The van der Waals surface area contributed by atoms with Crippen molar-refractivity contribution in [3.8, 4) is 5.75 Å². The first kappa shape index (κ1) is 16.4. The molecule has 3 rings (SSSR count). The maximum atomic E-state index is 12.6. The van der Waals surface area contributed by atoms with E-state index in [1.807, 2.05) is 23.1 Å². The first-order valence-corrected chi connectivity index (χ1v) is 8.16. The van der Waals surface area contributed by atoms with E-state index in [0.717, 1.165) is 28.7 Å². The predicted molar refractivity (Wildman–Crippen MR) is 89.9 cm³/mol. The molecule has 24 heavy (non-hydrogen) atoms. The normalized spacial score (nSPS) is 15.4. The van der Waals surface area contributed by atoms with Gasteiger partial charge in [-0.15, -0.1) is 0 Å². The fourth-order valence-corrected chi connectivity index (χ4v) is 3.08. The molecule has 2 heterocycles. The van der Waals surface area contributed by atoms with Crippen LogP contribution in [-0.4, -0.2) is 54.9 Å². The zero-order valence-electron chi connectivity index (χ0n) is 14.1. The molecule has 128 valence electrons. The van der Waals surface area contributed by atoms with Crippen molar-refractivity contribution in [3.63, 3.8) is 0 Å². The summed E-state index contributed by atoms with van der Waals surface area (Å²) in [6, 6.07) is 5.60. The molecule has 0 bridgehead atoms. The lowest BCUT2D eigenvalue weighted by atomic mass is 10.1. The average Bonchev–Trinajstić information content (AvgIpc) is 2.81. The molecule has 1 aliphatic rings. The van der Waals surface area contributed by atoms with E-state index < -0.39 is 0 Å². The number of fused-ring (bicyclic) bond motifs is 1. The highest BCUT2D eigenvalue weighted by atomic mass is 16.5. The fourth-order valence-electron chi connectivity index (χ4n) is 3.08. The maximum absolute atomic E-state index is 12.6. The van der Waals surface area contributed by atoms with E-state index in [1.165, 1.54) is 0 Å². The van der Waals surface area contributed by atoms with Crippen molar-refractivity contribution >= 4 is 22.8 Å². The number of hydrogen-bond donors (Lipinski definition) is 0. The zero-order valence-corrected chi connectivity index (χ0v) is 14.1. The summed E-state index contributed by atoms with van der Waals surface area (Å²) in [5.74, 6) is 0.865. The number of methoxy groups -OCH3 is 1. The third kappa shape index (κ3) is 3.37. The lowest BCUT2D eigenvalue weighted by Crippen LogP contribution is -2.37. The molecule has 6 nitrogen and oxygen atoms in total. The van der Waals surface area contributed by atoms with E-state index in [-0.39, 0.29) is 11.8 Å². The summed E-state index contributed by atoms with van der Waals surface area (Å²) in [5.41, 5.74) is 1.60. The number of ether oxygens (including phenoxy) is 1.